The summed E-state index contributed by atoms with van der Waals surface area (Å²) in [4.78, 5) is 1.93. The third-order valence-corrected chi connectivity index (χ3v) is 3.69. The first-order valence-corrected chi connectivity index (χ1v) is 6.95. The molecule has 2 nitrogen and oxygen atoms in total. The Kier molecular flexibility index (Phi) is 4.91. The van der Waals surface area contributed by atoms with E-state index in [1.165, 1.54) is 18.2 Å². The third kappa shape index (κ3) is 3.79. The number of nitrogens with zero attached hydrogens (tertiary/aromatic N) is 1. The third-order valence-electron chi connectivity index (χ3n) is 3.69. The van der Waals surface area contributed by atoms with Crippen molar-refractivity contribution in [3.05, 3.63) is 65.7 Å². The van der Waals surface area contributed by atoms with Crippen LogP contribution in [0.3, 0.4) is 0 Å². The van der Waals surface area contributed by atoms with Gasteiger partial charge in [0.25, 0.3) is 0 Å². The van der Waals surface area contributed by atoms with Crippen molar-refractivity contribution < 1.29 is 8.78 Å². The zero-order valence-electron chi connectivity index (χ0n) is 12.3. The highest BCUT2D eigenvalue weighted by molar-refractivity contribution is 5.45. The largest absolute Gasteiger partial charge is 0.374 e. The van der Waals surface area contributed by atoms with Gasteiger partial charge >= 0.3 is 0 Å². The number of benzene rings is 2. The summed E-state index contributed by atoms with van der Waals surface area (Å²) >= 11 is 0. The first-order valence-electron chi connectivity index (χ1n) is 6.95. The Morgan fingerprint density at radius 2 is 1.81 bits per heavy atom. The summed E-state index contributed by atoms with van der Waals surface area (Å²) in [5, 5.41) is 0. The fourth-order valence-electron chi connectivity index (χ4n) is 2.42. The molecule has 0 saturated heterocycles. The molecule has 0 radical (unpaired) electrons. The lowest BCUT2D eigenvalue weighted by Gasteiger charge is -2.27. The predicted molar refractivity (Wildman–Crippen MR) is 82.2 cm³/mol. The Morgan fingerprint density at radius 3 is 2.48 bits per heavy atom. The fourth-order valence-corrected chi connectivity index (χ4v) is 2.42. The van der Waals surface area contributed by atoms with Gasteiger partial charge in [-0.1, -0.05) is 31.2 Å². The fraction of sp³-hybridized carbons (Fsp3) is 0.294. The van der Waals surface area contributed by atoms with E-state index in [1.54, 1.807) is 24.3 Å². The van der Waals surface area contributed by atoms with Gasteiger partial charge in [0, 0.05) is 30.9 Å². The second kappa shape index (κ2) is 6.68. The van der Waals surface area contributed by atoms with E-state index in [2.05, 4.69) is 0 Å². The SMILES string of the molecule is CC(CN(C)c1cccc(F)c1)C(N)c1ccccc1F. The lowest BCUT2D eigenvalue weighted by molar-refractivity contribution is 0.452. The molecule has 2 aromatic carbocycles. The van der Waals surface area contributed by atoms with Gasteiger partial charge in [-0.05, 0) is 30.2 Å². The average Bonchev–Trinajstić information content (AvgIpc) is 2.47. The molecule has 112 valence electrons. The van der Waals surface area contributed by atoms with Crippen molar-refractivity contribution in [1.82, 2.24) is 0 Å². The molecule has 4 heteroatoms. The van der Waals surface area contributed by atoms with E-state index in [9.17, 15) is 8.78 Å². The summed E-state index contributed by atoms with van der Waals surface area (Å²) in [5.41, 5.74) is 7.45. The normalized spacial score (nSPS) is 13.8. The minimum absolute atomic E-state index is 0.0233. The second-order valence-electron chi connectivity index (χ2n) is 5.38. The summed E-state index contributed by atoms with van der Waals surface area (Å²) in [6.45, 7) is 2.58. The molecular formula is C17H20F2N2. The topological polar surface area (TPSA) is 29.3 Å². The number of nitrogens with two attached hydrogens (primary N) is 1. The van der Waals surface area contributed by atoms with E-state index in [4.69, 9.17) is 5.73 Å². The molecule has 0 aliphatic carbocycles. The minimum Gasteiger partial charge on any atom is -0.374 e. The molecular weight excluding hydrogens is 270 g/mol. The van der Waals surface area contributed by atoms with Gasteiger partial charge in [-0.25, -0.2) is 8.78 Å². The summed E-state index contributed by atoms with van der Waals surface area (Å²) in [5.74, 6) is -0.536. The Hall–Kier alpha value is -1.94. The van der Waals surface area contributed by atoms with Gasteiger partial charge in [-0.2, -0.15) is 0 Å². The highest BCUT2D eigenvalue weighted by atomic mass is 19.1. The van der Waals surface area contributed by atoms with Crippen molar-refractivity contribution in [1.29, 1.82) is 0 Å². The van der Waals surface area contributed by atoms with Crippen molar-refractivity contribution in [2.24, 2.45) is 11.7 Å². The zero-order valence-corrected chi connectivity index (χ0v) is 12.3. The Labute approximate surface area is 124 Å². The second-order valence-corrected chi connectivity index (χ2v) is 5.38. The van der Waals surface area contributed by atoms with Crippen LogP contribution in [0.1, 0.15) is 18.5 Å². The van der Waals surface area contributed by atoms with E-state index < -0.39 is 6.04 Å². The van der Waals surface area contributed by atoms with E-state index >= 15 is 0 Å². The molecule has 0 fully saturated rings. The summed E-state index contributed by atoms with van der Waals surface area (Å²) in [6, 6.07) is 12.5. The smallest absolute Gasteiger partial charge is 0.127 e. The van der Waals surface area contributed by atoms with Crippen molar-refractivity contribution in [2.75, 3.05) is 18.5 Å². The Balaban J connectivity index is 2.07. The molecule has 2 N–H and O–H groups in total. The molecule has 2 aromatic rings. The number of halogens is 2. The molecule has 2 rings (SSSR count). The molecule has 0 bridgehead atoms. The first-order chi connectivity index (χ1) is 9.99. The standard InChI is InChI=1S/C17H20F2N2/c1-12(17(20)15-8-3-4-9-16(15)19)11-21(2)14-7-5-6-13(18)10-14/h3-10,12,17H,11,20H2,1-2H3. The molecule has 0 aromatic heterocycles. The van der Waals surface area contributed by atoms with Gasteiger partial charge in [0.2, 0.25) is 0 Å². The average molecular weight is 290 g/mol. The van der Waals surface area contributed by atoms with Gasteiger partial charge in [0.05, 0.1) is 0 Å². The van der Waals surface area contributed by atoms with Crippen LogP contribution < -0.4 is 10.6 Å². The van der Waals surface area contributed by atoms with E-state index in [0.717, 1.165) is 5.69 Å². The van der Waals surface area contributed by atoms with E-state index in [0.29, 0.717) is 12.1 Å². The van der Waals surface area contributed by atoms with Crippen LogP contribution in [0.4, 0.5) is 14.5 Å². The summed E-state index contributed by atoms with van der Waals surface area (Å²) < 4.78 is 27.0. The molecule has 0 spiro atoms. The van der Waals surface area contributed by atoms with Gasteiger partial charge in [0.15, 0.2) is 0 Å². The predicted octanol–water partition coefficient (Wildman–Crippen LogP) is 3.74. The van der Waals surface area contributed by atoms with Crippen LogP contribution in [-0.2, 0) is 0 Å². The molecule has 0 aliphatic heterocycles. The maximum absolute atomic E-state index is 13.8. The summed E-state index contributed by atoms with van der Waals surface area (Å²) in [6.07, 6.45) is 0. The highest BCUT2D eigenvalue weighted by Gasteiger charge is 2.19. The Morgan fingerprint density at radius 1 is 1.10 bits per heavy atom. The zero-order chi connectivity index (χ0) is 15.4. The van der Waals surface area contributed by atoms with E-state index in [-0.39, 0.29) is 17.6 Å². The lowest BCUT2D eigenvalue weighted by atomic mass is 9.94. The van der Waals surface area contributed by atoms with Crippen molar-refractivity contribution in [3.8, 4) is 0 Å². The number of hydrogen-bond acceptors (Lipinski definition) is 2. The van der Waals surface area contributed by atoms with Crippen molar-refractivity contribution in [3.63, 3.8) is 0 Å². The maximum Gasteiger partial charge on any atom is 0.127 e. The van der Waals surface area contributed by atoms with Crippen LogP contribution in [0, 0.1) is 17.6 Å². The van der Waals surface area contributed by atoms with Crippen LogP contribution in [0.15, 0.2) is 48.5 Å². The molecule has 0 heterocycles. The highest BCUT2D eigenvalue weighted by Crippen LogP contribution is 2.24. The lowest BCUT2D eigenvalue weighted by Crippen LogP contribution is -2.31. The van der Waals surface area contributed by atoms with Crippen molar-refractivity contribution in [2.45, 2.75) is 13.0 Å². The van der Waals surface area contributed by atoms with Crippen LogP contribution in [0.2, 0.25) is 0 Å². The maximum atomic E-state index is 13.8. The van der Waals surface area contributed by atoms with Gasteiger partial charge in [-0.15, -0.1) is 0 Å². The van der Waals surface area contributed by atoms with Gasteiger partial charge in [-0.3, -0.25) is 0 Å². The monoisotopic (exact) mass is 290 g/mol. The molecule has 0 amide bonds. The molecule has 0 aliphatic rings. The molecule has 21 heavy (non-hydrogen) atoms. The van der Waals surface area contributed by atoms with Gasteiger partial charge in [0.1, 0.15) is 11.6 Å². The number of anilines is 1. The quantitative estimate of drug-likeness (QED) is 0.909. The van der Waals surface area contributed by atoms with Gasteiger partial charge < -0.3 is 10.6 Å². The molecule has 2 unspecified atom stereocenters. The van der Waals surface area contributed by atoms with Crippen LogP contribution in [0.5, 0.6) is 0 Å². The van der Waals surface area contributed by atoms with Crippen LogP contribution in [0.25, 0.3) is 0 Å². The van der Waals surface area contributed by atoms with Crippen molar-refractivity contribution >= 4 is 5.69 Å². The van der Waals surface area contributed by atoms with Crippen LogP contribution in [-0.4, -0.2) is 13.6 Å². The minimum atomic E-state index is -0.401. The van der Waals surface area contributed by atoms with Crippen LogP contribution >= 0.6 is 0 Å². The molecule has 0 saturated carbocycles. The molecule has 2 atom stereocenters. The first kappa shape index (κ1) is 15.4. The Bertz CT molecular complexity index is 601. The van der Waals surface area contributed by atoms with E-state index in [1.807, 2.05) is 24.9 Å². The summed E-state index contributed by atoms with van der Waals surface area (Å²) in [7, 11) is 1.87. The number of rotatable bonds is 5. The number of hydrogen-bond donors (Lipinski definition) is 1.